The van der Waals surface area contributed by atoms with Gasteiger partial charge in [-0.3, -0.25) is 0 Å². The van der Waals surface area contributed by atoms with Crippen molar-refractivity contribution in [2.24, 2.45) is 11.7 Å². The van der Waals surface area contributed by atoms with E-state index in [0.29, 0.717) is 17.1 Å². The predicted molar refractivity (Wildman–Crippen MR) is 65.4 cm³/mol. The van der Waals surface area contributed by atoms with Crippen LogP contribution in [0.2, 0.25) is 0 Å². The molecule has 0 saturated heterocycles. The molecule has 15 heavy (non-hydrogen) atoms. The Morgan fingerprint density at radius 3 is 2.80 bits per heavy atom. The Morgan fingerprint density at radius 1 is 1.60 bits per heavy atom. The summed E-state index contributed by atoms with van der Waals surface area (Å²) in [4.78, 5) is 4.00. The molecule has 84 valence electrons. The highest BCUT2D eigenvalue weighted by Crippen LogP contribution is 2.07. The lowest BCUT2D eigenvalue weighted by molar-refractivity contribution is 0.403. The highest BCUT2D eigenvalue weighted by molar-refractivity contribution is 7.80. The van der Waals surface area contributed by atoms with Crippen molar-refractivity contribution < 1.29 is 0 Å². The average Bonchev–Trinajstić information content (AvgIpc) is 2.63. The Hall–Kier alpha value is -1.10. The minimum absolute atomic E-state index is 0.324. The third-order valence-electron chi connectivity index (χ3n) is 2.39. The summed E-state index contributed by atoms with van der Waals surface area (Å²) in [5, 5.41) is 3.49. The second-order valence-electron chi connectivity index (χ2n) is 3.95. The van der Waals surface area contributed by atoms with E-state index in [1.54, 1.807) is 6.20 Å². The molecular weight excluding hydrogens is 208 g/mol. The average molecular weight is 226 g/mol. The molecule has 1 unspecified atom stereocenters. The molecule has 1 aromatic rings. The monoisotopic (exact) mass is 226 g/mol. The molecule has 0 aliphatic heterocycles. The number of aryl methyl sites for hydroxylation is 1. The summed E-state index contributed by atoms with van der Waals surface area (Å²) in [5.74, 6) is 0.509. The first-order chi connectivity index (χ1) is 7.09. The summed E-state index contributed by atoms with van der Waals surface area (Å²) >= 11 is 4.85. The fourth-order valence-electron chi connectivity index (χ4n) is 1.46. The third-order valence-corrected chi connectivity index (χ3v) is 2.51. The zero-order valence-electron chi connectivity index (χ0n) is 9.18. The molecule has 1 atom stereocenters. The Balaban J connectivity index is 2.41. The second-order valence-corrected chi connectivity index (χ2v) is 4.39. The van der Waals surface area contributed by atoms with E-state index >= 15 is 0 Å². The van der Waals surface area contributed by atoms with Gasteiger partial charge in [-0.25, -0.2) is 4.98 Å². The highest BCUT2D eigenvalue weighted by atomic mass is 32.1. The Morgan fingerprint density at radius 2 is 2.33 bits per heavy atom. The van der Waals surface area contributed by atoms with Crippen LogP contribution in [0.4, 0.5) is 0 Å². The van der Waals surface area contributed by atoms with Gasteiger partial charge >= 0.3 is 0 Å². The summed E-state index contributed by atoms with van der Waals surface area (Å²) < 4.78 is 2.05. The number of rotatable bonds is 5. The molecule has 0 saturated carbocycles. The number of nitrogens with one attached hydrogen (secondary N) is 1. The van der Waals surface area contributed by atoms with E-state index in [0.717, 1.165) is 13.0 Å². The van der Waals surface area contributed by atoms with E-state index in [9.17, 15) is 0 Å². The molecule has 3 N–H and O–H groups in total. The van der Waals surface area contributed by atoms with Crippen molar-refractivity contribution in [1.82, 2.24) is 14.9 Å². The maximum atomic E-state index is 5.48. The molecule has 0 fully saturated rings. The zero-order valence-corrected chi connectivity index (χ0v) is 10.00. The van der Waals surface area contributed by atoms with Crippen LogP contribution in [0.25, 0.3) is 0 Å². The number of imidazole rings is 1. The van der Waals surface area contributed by atoms with Gasteiger partial charge in [0.1, 0.15) is 0 Å². The van der Waals surface area contributed by atoms with Crippen molar-refractivity contribution in [3.05, 3.63) is 18.7 Å². The largest absolute Gasteiger partial charge is 0.376 e. The summed E-state index contributed by atoms with van der Waals surface area (Å²) in [5.41, 5.74) is 5.48. The molecule has 0 aliphatic rings. The van der Waals surface area contributed by atoms with Gasteiger partial charge in [0.2, 0.25) is 0 Å². The topological polar surface area (TPSA) is 55.9 Å². The first kappa shape index (κ1) is 12.0. The van der Waals surface area contributed by atoms with Gasteiger partial charge in [0.05, 0.1) is 6.33 Å². The number of hydrogen-bond donors (Lipinski definition) is 2. The molecule has 1 aromatic heterocycles. The normalized spacial score (nSPS) is 12.7. The predicted octanol–water partition coefficient (Wildman–Crippen LogP) is 1.13. The van der Waals surface area contributed by atoms with Gasteiger partial charge < -0.3 is 15.6 Å². The van der Waals surface area contributed by atoms with Crippen LogP contribution >= 0.6 is 12.2 Å². The molecule has 1 heterocycles. The van der Waals surface area contributed by atoms with Gasteiger partial charge in [-0.1, -0.05) is 13.8 Å². The van der Waals surface area contributed by atoms with E-state index in [2.05, 4.69) is 28.7 Å². The fourth-order valence-corrected chi connectivity index (χ4v) is 1.61. The van der Waals surface area contributed by atoms with Gasteiger partial charge in [0.25, 0.3) is 0 Å². The maximum Gasteiger partial charge on any atom is 0.163 e. The SMILES string of the molecule is CC(C)C(CCn1ccnc1)NC(N)=S. The fraction of sp³-hybridized carbons (Fsp3) is 0.600. The molecular formula is C10H18N4S. The minimum Gasteiger partial charge on any atom is -0.376 e. The van der Waals surface area contributed by atoms with Gasteiger partial charge in [0.15, 0.2) is 5.11 Å². The van der Waals surface area contributed by atoms with Crippen molar-refractivity contribution in [3.8, 4) is 0 Å². The molecule has 1 rings (SSSR count). The summed E-state index contributed by atoms with van der Waals surface area (Å²) in [6.07, 6.45) is 6.55. The van der Waals surface area contributed by atoms with E-state index in [-0.39, 0.29) is 0 Å². The van der Waals surface area contributed by atoms with E-state index < -0.39 is 0 Å². The molecule has 4 nitrogen and oxygen atoms in total. The van der Waals surface area contributed by atoms with E-state index in [4.69, 9.17) is 18.0 Å². The van der Waals surface area contributed by atoms with Crippen molar-refractivity contribution in [3.63, 3.8) is 0 Å². The van der Waals surface area contributed by atoms with Crippen LogP contribution in [-0.2, 0) is 6.54 Å². The van der Waals surface area contributed by atoms with Gasteiger partial charge in [-0.2, -0.15) is 0 Å². The van der Waals surface area contributed by atoms with Gasteiger partial charge in [-0.15, -0.1) is 0 Å². The Labute approximate surface area is 95.9 Å². The van der Waals surface area contributed by atoms with Crippen LogP contribution in [0.3, 0.4) is 0 Å². The molecule has 0 bridgehead atoms. The zero-order chi connectivity index (χ0) is 11.3. The summed E-state index contributed by atoms with van der Waals surface area (Å²) in [6.45, 7) is 5.24. The van der Waals surface area contributed by atoms with Crippen LogP contribution < -0.4 is 11.1 Å². The van der Waals surface area contributed by atoms with Gasteiger partial charge in [0, 0.05) is 25.0 Å². The first-order valence-corrected chi connectivity index (χ1v) is 5.52. The first-order valence-electron chi connectivity index (χ1n) is 5.11. The van der Waals surface area contributed by atoms with E-state index in [1.165, 1.54) is 0 Å². The van der Waals surface area contributed by atoms with Crippen molar-refractivity contribution >= 4 is 17.3 Å². The number of aromatic nitrogens is 2. The third kappa shape index (κ3) is 4.29. The lowest BCUT2D eigenvalue weighted by Crippen LogP contribution is -2.42. The Kier molecular flexibility index (Phi) is 4.55. The number of nitrogens with two attached hydrogens (primary N) is 1. The maximum absolute atomic E-state index is 5.48. The quantitative estimate of drug-likeness (QED) is 0.739. The van der Waals surface area contributed by atoms with Crippen LogP contribution in [0.1, 0.15) is 20.3 Å². The second kappa shape index (κ2) is 5.70. The Bertz CT molecular complexity index is 294. The molecule has 0 radical (unpaired) electrons. The number of nitrogens with zero attached hydrogens (tertiary/aromatic N) is 2. The van der Waals surface area contributed by atoms with Crippen LogP contribution in [-0.4, -0.2) is 20.7 Å². The number of thiocarbonyl (C=S) groups is 1. The van der Waals surface area contributed by atoms with Crippen LogP contribution in [0, 0.1) is 5.92 Å². The minimum atomic E-state index is 0.324. The molecule has 0 aromatic carbocycles. The number of hydrogen-bond acceptors (Lipinski definition) is 2. The molecule has 0 aliphatic carbocycles. The highest BCUT2D eigenvalue weighted by Gasteiger charge is 2.12. The molecule has 0 spiro atoms. The van der Waals surface area contributed by atoms with Crippen molar-refractivity contribution in [1.29, 1.82) is 0 Å². The summed E-state index contributed by atoms with van der Waals surface area (Å²) in [6, 6.07) is 0.324. The summed E-state index contributed by atoms with van der Waals surface area (Å²) in [7, 11) is 0. The van der Waals surface area contributed by atoms with E-state index in [1.807, 2.05) is 12.5 Å². The van der Waals surface area contributed by atoms with Crippen molar-refractivity contribution in [2.45, 2.75) is 32.9 Å². The van der Waals surface area contributed by atoms with Crippen LogP contribution in [0.5, 0.6) is 0 Å². The lowest BCUT2D eigenvalue weighted by Gasteiger charge is -2.22. The molecule has 5 heteroatoms. The molecule has 0 amide bonds. The standard InChI is InChI=1S/C10H18N4S/c1-8(2)9(13-10(11)15)3-5-14-6-4-12-7-14/h4,6-9H,3,5H2,1-2H3,(H3,11,13,15). The van der Waals surface area contributed by atoms with Gasteiger partial charge in [-0.05, 0) is 24.6 Å². The van der Waals surface area contributed by atoms with Crippen molar-refractivity contribution in [2.75, 3.05) is 0 Å². The lowest BCUT2D eigenvalue weighted by atomic mass is 10.0. The van der Waals surface area contributed by atoms with Crippen LogP contribution in [0.15, 0.2) is 18.7 Å². The smallest absolute Gasteiger partial charge is 0.163 e.